The number of halogens is 1. The van der Waals surface area contributed by atoms with Gasteiger partial charge in [0.15, 0.2) is 0 Å². The van der Waals surface area contributed by atoms with Crippen molar-refractivity contribution in [1.29, 1.82) is 5.26 Å². The second-order valence-corrected chi connectivity index (χ2v) is 5.48. The summed E-state index contributed by atoms with van der Waals surface area (Å²) >= 11 is 3.52. The van der Waals surface area contributed by atoms with Gasteiger partial charge in [-0.15, -0.1) is 0 Å². The molecule has 0 aliphatic heterocycles. The summed E-state index contributed by atoms with van der Waals surface area (Å²) in [5, 5.41) is 9.41. The molecule has 3 rings (SSSR count). The minimum absolute atomic E-state index is 0.205. The van der Waals surface area contributed by atoms with E-state index in [1.807, 2.05) is 48.5 Å². The number of hydrogen-bond acceptors (Lipinski definition) is 4. The minimum Gasteiger partial charge on any atom is -0.383 e. The fourth-order valence-corrected chi connectivity index (χ4v) is 2.72. The number of nitrogens with zero attached hydrogens (tertiary/aromatic N) is 3. The van der Waals surface area contributed by atoms with Gasteiger partial charge in [0.2, 0.25) is 0 Å². The van der Waals surface area contributed by atoms with Crippen molar-refractivity contribution >= 4 is 21.7 Å². The van der Waals surface area contributed by atoms with Crippen LogP contribution in [-0.4, -0.2) is 9.97 Å². The number of nitrogens with two attached hydrogens (primary N) is 1. The van der Waals surface area contributed by atoms with Gasteiger partial charge in [0.05, 0.1) is 11.4 Å². The highest BCUT2D eigenvalue weighted by Crippen LogP contribution is 2.34. The lowest BCUT2D eigenvalue weighted by atomic mass is 9.99. The average molecular weight is 351 g/mol. The van der Waals surface area contributed by atoms with E-state index in [0.717, 1.165) is 15.6 Å². The molecule has 0 unspecified atom stereocenters. The number of nitrogen functional groups attached to an aromatic ring is 1. The van der Waals surface area contributed by atoms with Gasteiger partial charge in [-0.05, 0) is 29.8 Å². The molecule has 0 atom stereocenters. The molecule has 0 spiro atoms. The van der Waals surface area contributed by atoms with Gasteiger partial charge < -0.3 is 5.73 Å². The Morgan fingerprint density at radius 1 is 1.00 bits per heavy atom. The van der Waals surface area contributed by atoms with Crippen molar-refractivity contribution in [3.63, 3.8) is 0 Å². The van der Waals surface area contributed by atoms with Crippen molar-refractivity contribution in [2.24, 2.45) is 0 Å². The zero-order valence-electron chi connectivity index (χ0n) is 11.5. The number of rotatable bonds is 2. The molecule has 0 fully saturated rings. The number of nitriles is 1. The maximum atomic E-state index is 9.41. The largest absolute Gasteiger partial charge is 0.383 e. The Morgan fingerprint density at radius 2 is 1.77 bits per heavy atom. The van der Waals surface area contributed by atoms with Crippen LogP contribution in [-0.2, 0) is 0 Å². The van der Waals surface area contributed by atoms with Crippen LogP contribution in [0, 0.1) is 11.3 Å². The van der Waals surface area contributed by atoms with Gasteiger partial charge in [-0.25, -0.2) is 4.98 Å². The van der Waals surface area contributed by atoms with E-state index in [1.165, 1.54) is 0 Å². The third kappa shape index (κ3) is 2.57. The van der Waals surface area contributed by atoms with Gasteiger partial charge in [-0.2, -0.15) is 5.26 Å². The van der Waals surface area contributed by atoms with Crippen LogP contribution in [0.4, 0.5) is 5.82 Å². The average Bonchev–Trinajstić information content (AvgIpc) is 2.55. The summed E-state index contributed by atoms with van der Waals surface area (Å²) in [6, 6.07) is 17.3. The molecule has 0 saturated heterocycles. The molecule has 4 nitrogen and oxygen atoms in total. The Morgan fingerprint density at radius 3 is 2.45 bits per heavy atom. The van der Waals surface area contributed by atoms with Crippen LogP contribution in [0.2, 0.25) is 0 Å². The van der Waals surface area contributed by atoms with Crippen LogP contribution in [0.5, 0.6) is 0 Å². The molecular weight excluding hydrogens is 340 g/mol. The molecular formula is C17H11BrN4. The van der Waals surface area contributed by atoms with Crippen LogP contribution in [0.3, 0.4) is 0 Å². The molecule has 0 amide bonds. The Balaban J connectivity index is 2.28. The highest BCUT2D eigenvalue weighted by molar-refractivity contribution is 9.10. The lowest BCUT2D eigenvalue weighted by Gasteiger charge is -2.11. The Kier molecular flexibility index (Phi) is 3.86. The topological polar surface area (TPSA) is 75.6 Å². The zero-order valence-corrected chi connectivity index (χ0v) is 13.1. The summed E-state index contributed by atoms with van der Waals surface area (Å²) in [5.41, 5.74) is 9.34. The second-order valence-electron chi connectivity index (χ2n) is 4.62. The normalized spacial score (nSPS) is 10.2. The summed E-state index contributed by atoms with van der Waals surface area (Å²) in [5.74, 6) is 0.205. The van der Waals surface area contributed by atoms with Gasteiger partial charge in [-0.1, -0.05) is 40.2 Å². The van der Waals surface area contributed by atoms with Gasteiger partial charge in [-0.3, -0.25) is 4.98 Å². The zero-order chi connectivity index (χ0) is 15.5. The predicted molar refractivity (Wildman–Crippen MR) is 89.7 cm³/mol. The molecule has 0 aliphatic rings. The number of benzene rings is 1. The summed E-state index contributed by atoms with van der Waals surface area (Å²) in [4.78, 5) is 8.60. The quantitative estimate of drug-likeness (QED) is 0.756. The molecule has 2 aromatic heterocycles. The molecule has 0 saturated carbocycles. The summed E-state index contributed by atoms with van der Waals surface area (Å²) in [6.45, 7) is 0. The summed E-state index contributed by atoms with van der Waals surface area (Å²) < 4.78 is 0.893. The van der Waals surface area contributed by atoms with E-state index in [2.05, 4.69) is 32.0 Å². The molecule has 3 aromatic rings. The summed E-state index contributed by atoms with van der Waals surface area (Å²) in [7, 11) is 0. The van der Waals surface area contributed by atoms with E-state index >= 15 is 0 Å². The molecule has 22 heavy (non-hydrogen) atoms. The lowest BCUT2D eigenvalue weighted by Crippen LogP contribution is -2.00. The fraction of sp³-hybridized carbons (Fsp3) is 0. The fourth-order valence-electron chi connectivity index (χ4n) is 2.22. The molecule has 2 heterocycles. The number of aromatic nitrogens is 2. The predicted octanol–water partition coefficient (Wildman–Crippen LogP) is 4.03. The van der Waals surface area contributed by atoms with Crippen molar-refractivity contribution in [2.45, 2.75) is 0 Å². The Labute approximate surface area is 136 Å². The minimum atomic E-state index is 0.205. The van der Waals surface area contributed by atoms with E-state index in [-0.39, 0.29) is 5.82 Å². The van der Waals surface area contributed by atoms with Crippen molar-refractivity contribution in [3.05, 3.63) is 64.8 Å². The van der Waals surface area contributed by atoms with Gasteiger partial charge >= 0.3 is 0 Å². The lowest BCUT2D eigenvalue weighted by molar-refractivity contribution is 1.24. The standard InChI is InChI=1S/C17H11BrN4/c18-14-6-2-1-5-11(14)12-9-16(15-7-3-4-8-21-15)22-17(20)13(12)10-19/h1-9H,(H2,20,22). The molecule has 0 aliphatic carbocycles. The smallest absolute Gasteiger partial charge is 0.142 e. The van der Waals surface area contributed by atoms with Crippen molar-refractivity contribution in [1.82, 2.24) is 9.97 Å². The monoisotopic (exact) mass is 350 g/mol. The van der Waals surface area contributed by atoms with Gasteiger partial charge in [0.1, 0.15) is 17.5 Å². The molecule has 1 aromatic carbocycles. The third-order valence-electron chi connectivity index (χ3n) is 3.25. The van der Waals surface area contributed by atoms with E-state index < -0.39 is 0 Å². The van der Waals surface area contributed by atoms with E-state index in [9.17, 15) is 5.26 Å². The van der Waals surface area contributed by atoms with Crippen LogP contribution in [0.15, 0.2) is 59.2 Å². The molecule has 2 N–H and O–H groups in total. The first-order valence-corrected chi connectivity index (χ1v) is 7.37. The first-order valence-electron chi connectivity index (χ1n) is 6.57. The second kappa shape index (κ2) is 5.96. The summed E-state index contributed by atoms with van der Waals surface area (Å²) in [6.07, 6.45) is 1.70. The highest BCUT2D eigenvalue weighted by Gasteiger charge is 2.15. The number of pyridine rings is 2. The molecule has 106 valence electrons. The van der Waals surface area contributed by atoms with E-state index in [0.29, 0.717) is 17.0 Å². The van der Waals surface area contributed by atoms with Crippen molar-refractivity contribution < 1.29 is 0 Å². The first kappa shape index (κ1) is 14.2. The van der Waals surface area contributed by atoms with Gasteiger partial charge in [0.25, 0.3) is 0 Å². The Hall–Kier alpha value is -2.71. The number of hydrogen-bond donors (Lipinski definition) is 1. The van der Waals surface area contributed by atoms with Crippen LogP contribution in [0.1, 0.15) is 5.56 Å². The molecule has 0 radical (unpaired) electrons. The van der Waals surface area contributed by atoms with Crippen molar-refractivity contribution in [3.8, 4) is 28.6 Å². The highest BCUT2D eigenvalue weighted by atomic mass is 79.9. The SMILES string of the molecule is N#Cc1c(-c2ccccc2Br)cc(-c2ccccn2)nc1N. The maximum absolute atomic E-state index is 9.41. The third-order valence-corrected chi connectivity index (χ3v) is 3.94. The van der Waals surface area contributed by atoms with E-state index in [4.69, 9.17) is 5.73 Å². The molecule has 5 heteroatoms. The van der Waals surface area contributed by atoms with Crippen LogP contribution < -0.4 is 5.73 Å². The maximum Gasteiger partial charge on any atom is 0.142 e. The first-order chi connectivity index (χ1) is 10.7. The van der Waals surface area contributed by atoms with Crippen LogP contribution >= 0.6 is 15.9 Å². The van der Waals surface area contributed by atoms with Gasteiger partial charge in [0, 0.05) is 16.2 Å². The number of anilines is 1. The van der Waals surface area contributed by atoms with E-state index in [1.54, 1.807) is 6.20 Å². The van der Waals surface area contributed by atoms with Crippen molar-refractivity contribution in [2.75, 3.05) is 5.73 Å². The Bertz CT molecular complexity index is 870. The van der Waals surface area contributed by atoms with Crippen LogP contribution in [0.25, 0.3) is 22.5 Å². The molecule has 0 bridgehead atoms.